The largest absolute Gasteiger partial charge is 0.458 e. The maximum absolute atomic E-state index is 13.2. The quantitative estimate of drug-likeness (QED) is 0.153. The standard InChI is InChI=1S/C29H50N2O5S/c1-8-11-14-15-16-17-20-30-28(34)31-25-23(26(32)36-29(5,6)7)21(4)24(37-25)27(33)35-22(18-12-9-2)19-13-10-3/h22H,8-20H2,1-7H3,(H2,30,31,34). The zero-order valence-electron chi connectivity index (χ0n) is 24.2. The monoisotopic (exact) mass is 538 g/mol. The molecular formula is C29H50N2O5S. The third-order valence-corrected chi connectivity index (χ3v) is 7.20. The van der Waals surface area contributed by atoms with Crippen molar-refractivity contribution >= 4 is 34.3 Å². The van der Waals surface area contributed by atoms with Crippen molar-refractivity contribution in [2.24, 2.45) is 0 Å². The molecule has 2 N–H and O–H groups in total. The molecule has 0 aliphatic carbocycles. The molecule has 1 aromatic rings. The second-order valence-electron chi connectivity index (χ2n) is 10.7. The van der Waals surface area contributed by atoms with Crippen LogP contribution in [-0.4, -0.2) is 36.2 Å². The highest BCUT2D eigenvalue weighted by molar-refractivity contribution is 7.18. The minimum absolute atomic E-state index is 0.157. The van der Waals surface area contributed by atoms with Gasteiger partial charge in [-0.05, 0) is 52.5 Å². The maximum Gasteiger partial charge on any atom is 0.348 e. The molecule has 0 radical (unpaired) electrons. The normalized spacial score (nSPS) is 11.5. The summed E-state index contributed by atoms with van der Waals surface area (Å²) in [4.78, 5) is 39.2. The molecule has 1 rings (SSSR count). The molecule has 0 aliphatic heterocycles. The van der Waals surface area contributed by atoms with E-state index in [-0.39, 0.29) is 11.7 Å². The number of urea groups is 1. The van der Waals surface area contributed by atoms with Gasteiger partial charge in [-0.3, -0.25) is 5.32 Å². The van der Waals surface area contributed by atoms with E-state index in [1.54, 1.807) is 27.7 Å². The second kappa shape index (κ2) is 17.4. The summed E-state index contributed by atoms with van der Waals surface area (Å²) in [5.41, 5.74) is -0.0325. The molecule has 0 saturated heterocycles. The lowest BCUT2D eigenvalue weighted by Crippen LogP contribution is -2.30. The van der Waals surface area contributed by atoms with Crippen molar-refractivity contribution in [2.45, 2.75) is 137 Å². The van der Waals surface area contributed by atoms with Crippen LogP contribution in [-0.2, 0) is 9.47 Å². The smallest absolute Gasteiger partial charge is 0.348 e. The van der Waals surface area contributed by atoms with Gasteiger partial charge in [0.2, 0.25) is 0 Å². The zero-order valence-corrected chi connectivity index (χ0v) is 25.0. The van der Waals surface area contributed by atoms with Crippen LogP contribution in [0.1, 0.15) is 144 Å². The Kier molecular flexibility index (Phi) is 15.5. The van der Waals surface area contributed by atoms with Gasteiger partial charge in [0.15, 0.2) is 0 Å². The van der Waals surface area contributed by atoms with Gasteiger partial charge in [-0.25, -0.2) is 14.4 Å². The highest BCUT2D eigenvalue weighted by Crippen LogP contribution is 2.35. The van der Waals surface area contributed by atoms with Crippen molar-refractivity contribution in [3.63, 3.8) is 0 Å². The van der Waals surface area contributed by atoms with Crippen LogP contribution in [0.5, 0.6) is 0 Å². The van der Waals surface area contributed by atoms with Crippen molar-refractivity contribution in [3.05, 3.63) is 16.0 Å². The molecule has 0 bridgehead atoms. The molecule has 212 valence electrons. The molecule has 37 heavy (non-hydrogen) atoms. The van der Waals surface area contributed by atoms with Crippen LogP contribution in [0.3, 0.4) is 0 Å². The van der Waals surface area contributed by atoms with Crippen LogP contribution in [0, 0.1) is 6.92 Å². The number of rotatable bonds is 17. The first-order chi connectivity index (χ1) is 17.5. The minimum Gasteiger partial charge on any atom is -0.458 e. The van der Waals surface area contributed by atoms with E-state index < -0.39 is 23.6 Å². The third-order valence-electron chi connectivity index (χ3n) is 6.01. The van der Waals surface area contributed by atoms with Crippen molar-refractivity contribution in [1.82, 2.24) is 5.32 Å². The molecule has 0 atom stereocenters. The number of carbonyl (C=O) groups excluding carboxylic acids is 3. The van der Waals surface area contributed by atoms with E-state index in [2.05, 4.69) is 31.4 Å². The van der Waals surface area contributed by atoms with Crippen molar-refractivity contribution < 1.29 is 23.9 Å². The predicted molar refractivity (Wildman–Crippen MR) is 153 cm³/mol. The molecule has 0 spiro atoms. The Morgan fingerprint density at radius 1 is 0.838 bits per heavy atom. The van der Waals surface area contributed by atoms with E-state index >= 15 is 0 Å². The summed E-state index contributed by atoms with van der Waals surface area (Å²) < 4.78 is 11.5. The third kappa shape index (κ3) is 12.8. The molecule has 2 amide bonds. The van der Waals surface area contributed by atoms with Gasteiger partial charge in [-0.1, -0.05) is 78.6 Å². The molecule has 8 heteroatoms. The van der Waals surface area contributed by atoms with Gasteiger partial charge in [-0.15, -0.1) is 11.3 Å². The fourth-order valence-electron chi connectivity index (χ4n) is 3.96. The first-order valence-electron chi connectivity index (χ1n) is 14.2. The topological polar surface area (TPSA) is 93.7 Å². The van der Waals surface area contributed by atoms with E-state index in [0.717, 1.165) is 69.1 Å². The molecule has 0 saturated carbocycles. The zero-order chi connectivity index (χ0) is 27.8. The molecule has 0 aromatic carbocycles. The lowest BCUT2D eigenvalue weighted by atomic mass is 10.1. The Bertz CT molecular complexity index is 836. The first-order valence-corrected chi connectivity index (χ1v) is 15.0. The van der Waals surface area contributed by atoms with Crippen molar-refractivity contribution in [1.29, 1.82) is 0 Å². The number of ether oxygens (including phenoxy) is 2. The van der Waals surface area contributed by atoms with Crippen LogP contribution >= 0.6 is 11.3 Å². The SMILES string of the molecule is CCCCCCCCNC(=O)Nc1sc(C(=O)OC(CCCC)CCCC)c(C)c1C(=O)OC(C)(C)C. The molecule has 1 heterocycles. The van der Waals surface area contributed by atoms with E-state index in [4.69, 9.17) is 9.47 Å². The van der Waals surface area contributed by atoms with Crippen molar-refractivity contribution in [2.75, 3.05) is 11.9 Å². The fourth-order valence-corrected chi connectivity index (χ4v) is 5.03. The second-order valence-corrected chi connectivity index (χ2v) is 11.7. The van der Waals surface area contributed by atoms with Gasteiger partial charge in [0.1, 0.15) is 21.6 Å². The molecule has 1 aromatic heterocycles. The number of hydrogen-bond acceptors (Lipinski definition) is 6. The van der Waals surface area contributed by atoms with E-state index in [1.165, 1.54) is 19.3 Å². The first kappa shape index (κ1) is 32.9. The van der Waals surface area contributed by atoms with Gasteiger partial charge >= 0.3 is 18.0 Å². The van der Waals surface area contributed by atoms with Crippen LogP contribution in [0.15, 0.2) is 0 Å². The van der Waals surface area contributed by atoms with Crippen LogP contribution in [0.25, 0.3) is 0 Å². The lowest BCUT2D eigenvalue weighted by molar-refractivity contribution is 0.00705. The summed E-state index contributed by atoms with van der Waals surface area (Å²) in [6, 6.07) is -0.400. The number of amides is 2. The number of esters is 2. The molecule has 0 fully saturated rings. The van der Waals surface area contributed by atoms with Gasteiger partial charge in [0.05, 0.1) is 5.56 Å². The Labute approximate surface area is 228 Å². The van der Waals surface area contributed by atoms with Gasteiger partial charge < -0.3 is 14.8 Å². The fraction of sp³-hybridized carbons (Fsp3) is 0.759. The van der Waals surface area contributed by atoms with E-state index in [1.807, 2.05) is 0 Å². The number of unbranched alkanes of at least 4 members (excludes halogenated alkanes) is 7. The van der Waals surface area contributed by atoms with Crippen LogP contribution < -0.4 is 10.6 Å². The summed E-state index contributed by atoms with van der Waals surface area (Å²) >= 11 is 1.07. The summed E-state index contributed by atoms with van der Waals surface area (Å²) in [5.74, 6) is -1.02. The van der Waals surface area contributed by atoms with E-state index in [9.17, 15) is 14.4 Å². The summed E-state index contributed by atoms with van der Waals surface area (Å²) in [6.45, 7) is 14.0. The molecular weight excluding hydrogens is 488 g/mol. The van der Waals surface area contributed by atoms with E-state index in [0.29, 0.717) is 22.0 Å². The Balaban J connectivity index is 3.02. The highest BCUT2D eigenvalue weighted by Gasteiger charge is 2.30. The Hall–Kier alpha value is -2.09. The summed E-state index contributed by atoms with van der Waals surface area (Å²) in [6.07, 6.45) is 12.3. The Morgan fingerprint density at radius 3 is 1.97 bits per heavy atom. The number of nitrogens with one attached hydrogen (secondary N) is 2. The average molecular weight is 539 g/mol. The van der Waals surface area contributed by atoms with Crippen LogP contribution in [0.2, 0.25) is 0 Å². The minimum atomic E-state index is -0.713. The number of hydrogen-bond donors (Lipinski definition) is 2. The van der Waals surface area contributed by atoms with Gasteiger partial charge in [-0.2, -0.15) is 0 Å². The predicted octanol–water partition coefficient (Wildman–Crippen LogP) is 8.40. The number of thiophene rings is 1. The van der Waals surface area contributed by atoms with Crippen molar-refractivity contribution in [3.8, 4) is 0 Å². The van der Waals surface area contributed by atoms with Crippen LogP contribution in [0.4, 0.5) is 9.80 Å². The lowest BCUT2D eigenvalue weighted by Gasteiger charge is -2.20. The van der Waals surface area contributed by atoms with Gasteiger partial charge in [0.25, 0.3) is 0 Å². The summed E-state index contributed by atoms with van der Waals surface area (Å²) in [7, 11) is 0. The number of anilines is 1. The Morgan fingerprint density at radius 2 is 1.41 bits per heavy atom. The highest BCUT2D eigenvalue weighted by atomic mass is 32.1. The molecule has 0 aliphatic rings. The summed E-state index contributed by atoms with van der Waals surface area (Å²) in [5, 5.41) is 5.95. The average Bonchev–Trinajstić information content (AvgIpc) is 3.14. The van der Waals surface area contributed by atoms with Gasteiger partial charge in [0, 0.05) is 6.54 Å². The molecule has 7 nitrogen and oxygen atoms in total. The molecule has 0 unspecified atom stereocenters. The number of carbonyl (C=O) groups is 3. The maximum atomic E-state index is 13.2.